The van der Waals surface area contributed by atoms with Crippen LogP contribution in [0.3, 0.4) is 0 Å². The Bertz CT molecular complexity index is 454. The van der Waals surface area contributed by atoms with Gasteiger partial charge >= 0.3 is 0 Å². The molecule has 2 fully saturated rings. The van der Waals surface area contributed by atoms with Crippen molar-refractivity contribution in [1.29, 1.82) is 0 Å². The van der Waals surface area contributed by atoms with Crippen LogP contribution in [0.1, 0.15) is 32.1 Å². The van der Waals surface area contributed by atoms with E-state index in [1.807, 2.05) is 24.3 Å². The summed E-state index contributed by atoms with van der Waals surface area (Å²) >= 11 is 0. The van der Waals surface area contributed by atoms with Gasteiger partial charge < -0.3 is 10.1 Å². The number of hydrogen-bond donors (Lipinski definition) is 1. The summed E-state index contributed by atoms with van der Waals surface area (Å²) < 4.78 is 5.10. The van der Waals surface area contributed by atoms with Crippen LogP contribution in [0.5, 0.6) is 5.75 Å². The highest BCUT2D eigenvalue weighted by Gasteiger charge is 2.40. The van der Waals surface area contributed by atoms with E-state index >= 15 is 0 Å². The van der Waals surface area contributed by atoms with Gasteiger partial charge in [0.1, 0.15) is 5.75 Å². The summed E-state index contributed by atoms with van der Waals surface area (Å²) in [5.41, 5.74) is 0.856. The first-order chi connectivity index (χ1) is 9.24. The van der Waals surface area contributed by atoms with E-state index in [-0.39, 0.29) is 5.91 Å². The van der Waals surface area contributed by atoms with E-state index in [0.717, 1.165) is 23.3 Å². The highest BCUT2D eigenvalue weighted by molar-refractivity contribution is 5.90. The number of nitrogens with one attached hydrogen (secondary N) is 1. The number of carbonyl (C=O) groups is 1. The van der Waals surface area contributed by atoms with Crippen LogP contribution in [0.15, 0.2) is 24.3 Å². The number of carbonyl (C=O) groups excluding carboxylic acids is 1. The Balaban J connectivity index is 1.53. The quantitative estimate of drug-likeness (QED) is 0.899. The van der Waals surface area contributed by atoms with Crippen LogP contribution in [-0.4, -0.2) is 13.0 Å². The molecule has 1 amide bonds. The Kier molecular flexibility index (Phi) is 3.45. The fourth-order valence-electron chi connectivity index (χ4n) is 3.75. The first-order valence-electron chi connectivity index (χ1n) is 7.18. The van der Waals surface area contributed by atoms with Gasteiger partial charge in [0.25, 0.3) is 0 Å². The average molecular weight is 259 g/mol. The summed E-state index contributed by atoms with van der Waals surface area (Å²) in [6, 6.07) is 7.51. The SMILES string of the molecule is COc1ccc(NC(=O)C[C@@H]2C[C@H]3CC[C@@H]2C3)cc1. The summed E-state index contributed by atoms with van der Waals surface area (Å²) in [6.07, 6.45) is 6.04. The number of ether oxygens (including phenoxy) is 1. The van der Waals surface area contributed by atoms with Crippen molar-refractivity contribution in [2.24, 2.45) is 17.8 Å². The number of rotatable bonds is 4. The van der Waals surface area contributed by atoms with Gasteiger partial charge in [-0.25, -0.2) is 0 Å². The topological polar surface area (TPSA) is 38.3 Å². The number of anilines is 1. The molecule has 0 aromatic heterocycles. The number of amides is 1. The van der Waals surface area contributed by atoms with Crippen LogP contribution in [0, 0.1) is 17.8 Å². The number of benzene rings is 1. The van der Waals surface area contributed by atoms with Crippen molar-refractivity contribution in [3.63, 3.8) is 0 Å². The second-order valence-corrected chi connectivity index (χ2v) is 5.92. The molecule has 0 saturated heterocycles. The summed E-state index contributed by atoms with van der Waals surface area (Å²) in [5, 5.41) is 2.99. The summed E-state index contributed by atoms with van der Waals surface area (Å²) in [6.45, 7) is 0. The molecule has 1 N–H and O–H groups in total. The zero-order valence-electron chi connectivity index (χ0n) is 11.4. The molecular weight excluding hydrogens is 238 g/mol. The molecule has 2 aliphatic carbocycles. The fourth-order valence-corrected chi connectivity index (χ4v) is 3.75. The van der Waals surface area contributed by atoms with E-state index in [9.17, 15) is 4.79 Å². The van der Waals surface area contributed by atoms with E-state index in [1.54, 1.807) is 7.11 Å². The minimum atomic E-state index is 0.155. The summed E-state index contributed by atoms with van der Waals surface area (Å²) in [4.78, 5) is 12.1. The number of methoxy groups -OCH3 is 1. The van der Waals surface area contributed by atoms with Crippen molar-refractivity contribution in [2.45, 2.75) is 32.1 Å². The van der Waals surface area contributed by atoms with Crippen LogP contribution in [0.4, 0.5) is 5.69 Å². The molecule has 2 aliphatic rings. The zero-order valence-corrected chi connectivity index (χ0v) is 11.4. The van der Waals surface area contributed by atoms with Crippen LogP contribution in [-0.2, 0) is 4.79 Å². The Morgan fingerprint density at radius 1 is 1.26 bits per heavy atom. The monoisotopic (exact) mass is 259 g/mol. The Morgan fingerprint density at radius 2 is 2.05 bits per heavy atom. The van der Waals surface area contributed by atoms with Crippen LogP contribution in [0.25, 0.3) is 0 Å². The van der Waals surface area contributed by atoms with E-state index in [1.165, 1.54) is 25.7 Å². The molecule has 1 aromatic carbocycles. The number of fused-ring (bicyclic) bond motifs is 2. The van der Waals surface area contributed by atoms with Gasteiger partial charge in [0.2, 0.25) is 5.91 Å². The van der Waals surface area contributed by atoms with Crippen LogP contribution < -0.4 is 10.1 Å². The van der Waals surface area contributed by atoms with Crippen molar-refractivity contribution in [2.75, 3.05) is 12.4 Å². The van der Waals surface area contributed by atoms with E-state index in [0.29, 0.717) is 12.3 Å². The predicted molar refractivity (Wildman–Crippen MR) is 75.2 cm³/mol. The molecule has 3 rings (SSSR count). The highest BCUT2D eigenvalue weighted by Crippen LogP contribution is 2.49. The first-order valence-corrected chi connectivity index (χ1v) is 7.18. The molecule has 19 heavy (non-hydrogen) atoms. The van der Waals surface area contributed by atoms with Crippen molar-refractivity contribution in [3.05, 3.63) is 24.3 Å². The van der Waals surface area contributed by atoms with E-state index in [4.69, 9.17) is 4.74 Å². The Hall–Kier alpha value is -1.51. The maximum absolute atomic E-state index is 12.1. The summed E-state index contributed by atoms with van der Waals surface area (Å²) in [7, 11) is 1.64. The standard InChI is InChI=1S/C16H21NO2/c1-19-15-6-4-14(5-7-15)17-16(18)10-13-9-11-2-3-12(13)8-11/h4-7,11-13H,2-3,8-10H2,1H3,(H,17,18)/t11-,12+,13-/m0/s1. The van der Waals surface area contributed by atoms with Gasteiger partial charge in [-0.1, -0.05) is 6.42 Å². The van der Waals surface area contributed by atoms with Gasteiger partial charge in [0, 0.05) is 12.1 Å². The van der Waals surface area contributed by atoms with Gasteiger partial charge in [-0.05, 0) is 61.3 Å². The lowest BCUT2D eigenvalue weighted by atomic mass is 9.86. The molecule has 0 aliphatic heterocycles. The zero-order chi connectivity index (χ0) is 13.2. The molecule has 2 saturated carbocycles. The molecule has 0 unspecified atom stereocenters. The second-order valence-electron chi connectivity index (χ2n) is 5.92. The maximum atomic E-state index is 12.1. The third-order valence-electron chi connectivity index (χ3n) is 4.71. The fraction of sp³-hybridized carbons (Fsp3) is 0.562. The summed E-state index contributed by atoms with van der Waals surface area (Å²) in [5.74, 6) is 3.31. The predicted octanol–water partition coefficient (Wildman–Crippen LogP) is 3.46. The lowest BCUT2D eigenvalue weighted by Crippen LogP contribution is -2.20. The van der Waals surface area contributed by atoms with Crippen molar-refractivity contribution < 1.29 is 9.53 Å². The third kappa shape index (κ3) is 2.75. The normalized spacial score (nSPS) is 28.4. The van der Waals surface area contributed by atoms with E-state index in [2.05, 4.69) is 5.32 Å². The molecule has 0 radical (unpaired) electrons. The molecule has 3 atom stereocenters. The van der Waals surface area contributed by atoms with Gasteiger partial charge in [-0.15, -0.1) is 0 Å². The molecular formula is C16H21NO2. The largest absolute Gasteiger partial charge is 0.497 e. The highest BCUT2D eigenvalue weighted by atomic mass is 16.5. The molecule has 0 heterocycles. The van der Waals surface area contributed by atoms with Crippen LogP contribution in [0.2, 0.25) is 0 Å². The van der Waals surface area contributed by atoms with Crippen molar-refractivity contribution in [1.82, 2.24) is 0 Å². The van der Waals surface area contributed by atoms with Gasteiger partial charge in [-0.3, -0.25) is 4.79 Å². The molecule has 3 nitrogen and oxygen atoms in total. The molecule has 3 heteroatoms. The third-order valence-corrected chi connectivity index (χ3v) is 4.71. The van der Waals surface area contributed by atoms with Crippen molar-refractivity contribution >= 4 is 11.6 Å². The van der Waals surface area contributed by atoms with Gasteiger partial charge in [-0.2, -0.15) is 0 Å². The van der Waals surface area contributed by atoms with Gasteiger partial charge in [0.05, 0.1) is 7.11 Å². The molecule has 102 valence electrons. The van der Waals surface area contributed by atoms with Crippen LogP contribution >= 0.6 is 0 Å². The first kappa shape index (κ1) is 12.5. The minimum absolute atomic E-state index is 0.155. The molecule has 0 spiro atoms. The number of hydrogen-bond acceptors (Lipinski definition) is 2. The van der Waals surface area contributed by atoms with E-state index < -0.39 is 0 Å². The Morgan fingerprint density at radius 3 is 2.63 bits per heavy atom. The molecule has 2 bridgehead atoms. The lowest BCUT2D eigenvalue weighted by molar-refractivity contribution is -0.117. The molecule has 1 aromatic rings. The average Bonchev–Trinajstić information content (AvgIpc) is 3.02. The van der Waals surface area contributed by atoms with Crippen molar-refractivity contribution in [3.8, 4) is 5.75 Å². The van der Waals surface area contributed by atoms with Gasteiger partial charge in [0.15, 0.2) is 0 Å². The maximum Gasteiger partial charge on any atom is 0.224 e. The second kappa shape index (κ2) is 5.24. The smallest absolute Gasteiger partial charge is 0.224 e. The minimum Gasteiger partial charge on any atom is -0.497 e. The Labute approximate surface area is 114 Å². The lowest BCUT2D eigenvalue weighted by Gasteiger charge is -2.20.